The Hall–Kier alpha value is -1.38. The lowest BCUT2D eigenvalue weighted by molar-refractivity contribution is -0.137. The summed E-state index contributed by atoms with van der Waals surface area (Å²) in [6.07, 6.45) is 5.62. The van der Waals surface area contributed by atoms with E-state index in [-0.39, 0.29) is 5.97 Å². The molecule has 0 rings (SSSR count). The van der Waals surface area contributed by atoms with Crippen molar-refractivity contribution in [2.24, 2.45) is 4.99 Å². The van der Waals surface area contributed by atoms with Crippen LogP contribution in [0.5, 0.6) is 0 Å². The number of nitrogens with zero attached hydrogens (tertiary/aromatic N) is 1. The molecule has 0 saturated heterocycles. The minimum absolute atomic E-state index is 0.381. The normalized spacial score (nSPS) is 10.6. The van der Waals surface area contributed by atoms with Crippen LogP contribution in [0.1, 0.15) is 6.92 Å². The van der Waals surface area contributed by atoms with Gasteiger partial charge in [0.25, 0.3) is 0 Å². The molecule has 0 aliphatic heterocycles. The van der Waals surface area contributed by atoms with Crippen LogP contribution in [0.2, 0.25) is 0 Å². The molecule has 0 bridgehead atoms. The fourth-order valence-electron chi connectivity index (χ4n) is 0.405. The van der Waals surface area contributed by atoms with Gasteiger partial charge in [0.1, 0.15) is 0 Å². The van der Waals surface area contributed by atoms with E-state index >= 15 is 0 Å². The van der Waals surface area contributed by atoms with Gasteiger partial charge in [-0.2, -0.15) is 0 Å². The molecule has 3 nitrogen and oxygen atoms in total. The Kier molecular flexibility index (Phi) is 5.89. The Morgan fingerprint density at radius 3 is 3.00 bits per heavy atom. The number of aliphatic imine (C=N–C) groups is 1. The predicted molar refractivity (Wildman–Crippen MR) is 44.5 cm³/mol. The summed E-state index contributed by atoms with van der Waals surface area (Å²) in [5.74, 6) is -0.381. The van der Waals surface area contributed by atoms with Crippen molar-refractivity contribution in [1.82, 2.24) is 0 Å². The van der Waals surface area contributed by atoms with Crippen LogP contribution in [0.4, 0.5) is 0 Å². The quantitative estimate of drug-likeness (QED) is 0.347. The second-order valence-corrected chi connectivity index (χ2v) is 1.60. The van der Waals surface area contributed by atoms with E-state index in [0.29, 0.717) is 6.61 Å². The van der Waals surface area contributed by atoms with Gasteiger partial charge in [-0.1, -0.05) is 12.7 Å². The Balaban J connectivity index is 3.64. The van der Waals surface area contributed by atoms with Crippen molar-refractivity contribution in [2.45, 2.75) is 6.92 Å². The van der Waals surface area contributed by atoms with Crippen molar-refractivity contribution in [3.8, 4) is 0 Å². The third-order valence-corrected chi connectivity index (χ3v) is 0.775. The number of carbonyl (C=O) groups is 1. The first-order valence-electron chi connectivity index (χ1n) is 3.28. The monoisotopic (exact) mass is 153 g/mol. The molecule has 0 aromatic carbocycles. The molecule has 0 aliphatic carbocycles. The van der Waals surface area contributed by atoms with Crippen LogP contribution in [-0.4, -0.2) is 18.8 Å². The van der Waals surface area contributed by atoms with Gasteiger partial charge in [-0.15, -0.1) is 0 Å². The zero-order chi connectivity index (χ0) is 8.53. The van der Waals surface area contributed by atoms with Crippen molar-refractivity contribution in [3.63, 3.8) is 0 Å². The molecule has 0 spiro atoms. The molecular formula is C8H11NO2. The van der Waals surface area contributed by atoms with Crippen molar-refractivity contribution >= 4 is 12.2 Å². The average molecular weight is 153 g/mol. The van der Waals surface area contributed by atoms with Crippen molar-refractivity contribution in [2.75, 3.05) is 6.61 Å². The van der Waals surface area contributed by atoms with Gasteiger partial charge in [-0.3, -0.25) is 4.99 Å². The number of ether oxygens (including phenoxy) is 1. The second kappa shape index (κ2) is 6.74. The SMILES string of the molecule is C=CC=N/C=C/C(=O)OCC. The van der Waals surface area contributed by atoms with Crippen LogP contribution >= 0.6 is 0 Å². The maximum atomic E-state index is 10.6. The Bertz CT molecular complexity index is 183. The molecule has 11 heavy (non-hydrogen) atoms. The van der Waals surface area contributed by atoms with Crippen LogP contribution in [-0.2, 0) is 9.53 Å². The summed E-state index contributed by atoms with van der Waals surface area (Å²) in [6.45, 7) is 5.55. The third-order valence-electron chi connectivity index (χ3n) is 0.775. The van der Waals surface area contributed by atoms with Crippen LogP contribution < -0.4 is 0 Å². The third kappa shape index (κ3) is 6.51. The summed E-state index contributed by atoms with van der Waals surface area (Å²) in [5.41, 5.74) is 0. The van der Waals surface area contributed by atoms with E-state index in [9.17, 15) is 4.79 Å². The molecule has 0 amide bonds. The molecule has 0 radical (unpaired) electrons. The van der Waals surface area contributed by atoms with Gasteiger partial charge in [-0.25, -0.2) is 4.79 Å². The Morgan fingerprint density at radius 1 is 1.73 bits per heavy atom. The summed E-state index contributed by atoms with van der Waals surface area (Å²) >= 11 is 0. The van der Waals surface area contributed by atoms with Crippen molar-refractivity contribution < 1.29 is 9.53 Å². The molecule has 0 aliphatic rings. The number of carbonyl (C=O) groups excluding carboxylic acids is 1. The predicted octanol–water partition coefficient (Wildman–Crippen LogP) is 1.32. The highest BCUT2D eigenvalue weighted by Gasteiger charge is 1.89. The topological polar surface area (TPSA) is 38.7 Å². The van der Waals surface area contributed by atoms with Crippen LogP contribution in [0, 0.1) is 0 Å². The molecule has 0 fully saturated rings. The molecule has 0 saturated carbocycles. The fourth-order valence-corrected chi connectivity index (χ4v) is 0.405. The molecule has 60 valence electrons. The van der Waals surface area contributed by atoms with E-state index in [4.69, 9.17) is 0 Å². The smallest absolute Gasteiger partial charge is 0.332 e. The summed E-state index contributed by atoms with van der Waals surface area (Å²) < 4.78 is 4.60. The highest BCUT2D eigenvalue weighted by molar-refractivity contribution is 5.82. The number of allylic oxidation sites excluding steroid dienone is 1. The number of hydrogen-bond acceptors (Lipinski definition) is 3. The van der Waals surface area contributed by atoms with Gasteiger partial charge < -0.3 is 4.74 Å². The highest BCUT2D eigenvalue weighted by Crippen LogP contribution is 1.81. The molecule has 0 aromatic rings. The summed E-state index contributed by atoms with van der Waals surface area (Å²) in [5, 5.41) is 0. The zero-order valence-corrected chi connectivity index (χ0v) is 6.49. The van der Waals surface area contributed by atoms with Crippen LogP contribution in [0.25, 0.3) is 0 Å². The van der Waals surface area contributed by atoms with Gasteiger partial charge in [0, 0.05) is 18.5 Å². The first-order valence-corrected chi connectivity index (χ1v) is 3.28. The maximum absolute atomic E-state index is 10.6. The van der Waals surface area contributed by atoms with E-state index in [2.05, 4.69) is 16.3 Å². The summed E-state index contributed by atoms with van der Waals surface area (Å²) in [6, 6.07) is 0. The lowest BCUT2D eigenvalue weighted by atomic mass is 10.6. The Morgan fingerprint density at radius 2 is 2.45 bits per heavy atom. The van der Waals surface area contributed by atoms with Gasteiger partial charge in [0.15, 0.2) is 0 Å². The van der Waals surface area contributed by atoms with E-state index in [0.717, 1.165) is 0 Å². The zero-order valence-electron chi connectivity index (χ0n) is 6.49. The molecule has 3 heteroatoms. The average Bonchev–Trinajstić information content (AvgIpc) is 1.99. The number of rotatable bonds is 4. The minimum Gasteiger partial charge on any atom is -0.463 e. The molecule has 0 heterocycles. The highest BCUT2D eigenvalue weighted by atomic mass is 16.5. The van der Waals surface area contributed by atoms with E-state index in [1.807, 2.05) is 0 Å². The summed E-state index contributed by atoms with van der Waals surface area (Å²) in [7, 11) is 0. The number of hydrogen-bond donors (Lipinski definition) is 0. The van der Waals surface area contributed by atoms with Gasteiger partial charge in [-0.05, 0) is 6.92 Å². The molecular weight excluding hydrogens is 142 g/mol. The van der Waals surface area contributed by atoms with Crippen molar-refractivity contribution in [1.29, 1.82) is 0 Å². The largest absolute Gasteiger partial charge is 0.463 e. The summed E-state index contributed by atoms with van der Waals surface area (Å²) in [4.78, 5) is 14.3. The molecule has 0 N–H and O–H groups in total. The van der Waals surface area contributed by atoms with Crippen LogP contribution in [0.15, 0.2) is 29.9 Å². The fraction of sp³-hybridized carbons (Fsp3) is 0.250. The Labute approximate surface area is 66.1 Å². The minimum atomic E-state index is -0.381. The van der Waals surface area contributed by atoms with Gasteiger partial charge in [0.05, 0.1) is 6.61 Å². The lowest BCUT2D eigenvalue weighted by Gasteiger charge is -1.91. The van der Waals surface area contributed by atoms with Gasteiger partial charge >= 0.3 is 5.97 Å². The van der Waals surface area contributed by atoms with E-state index in [1.54, 1.807) is 6.92 Å². The van der Waals surface area contributed by atoms with Crippen LogP contribution in [0.3, 0.4) is 0 Å². The second-order valence-electron chi connectivity index (χ2n) is 1.60. The lowest BCUT2D eigenvalue weighted by Crippen LogP contribution is -1.98. The molecule has 0 atom stereocenters. The van der Waals surface area contributed by atoms with Crippen molar-refractivity contribution in [3.05, 3.63) is 24.9 Å². The van der Waals surface area contributed by atoms with E-state index in [1.165, 1.54) is 24.6 Å². The molecule has 0 unspecified atom stereocenters. The molecule has 0 aromatic heterocycles. The first-order chi connectivity index (χ1) is 5.31. The van der Waals surface area contributed by atoms with E-state index < -0.39 is 0 Å². The first kappa shape index (κ1) is 9.62. The maximum Gasteiger partial charge on any atom is 0.332 e. The van der Waals surface area contributed by atoms with Gasteiger partial charge in [0.2, 0.25) is 0 Å². The standard InChI is InChI=1S/C8H11NO2/c1-3-6-9-7-5-8(10)11-4-2/h3,5-7H,1,4H2,2H3/b7-5+,9-6?. The number of esters is 1.